The Morgan fingerprint density at radius 3 is 2.23 bits per heavy atom. The SMILES string of the molecule is COC(=O)c1ccc(C=CC#Cc2ccc(C=O)cc2)cc1. The number of rotatable bonds is 3. The predicted molar refractivity (Wildman–Crippen MR) is 85.5 cm³/mol. The normalized spacial score (nSPS) is 9.86. The average Bonchev–Trinajstić information content (AvgIpc) is 2.59. The number of hydrogen-bond acceptors (Lipinski definition) is 3. The Morgan fingerprint density at radius 2 is 1.64 bits per heavy atom. The molecule has 2 aromatic carbocycles. The van der Waals surface area contributed by atoms with Crippen LogP contribution < -0.4 is 0 Å². The molecule has 0 radical (unpaired) electrons. The Hall–Kier alpha value is -3.12. The third-order valence-corrected chi connectivity index (χ3v) is 2.95. The lowest BCUT2D eigenvalue weighted by Gasteiger charge is -1.98. The van der Waals surface area contributed by atoms with Crippen LogP contribution in [0.5, 0.6) is 0 Å². The molecular weight excluding hydrogens is 276 g/mol. The fraction of sp³-hybridized carbons (Fsp3) is 0.0526. The summed E-state index contributed by atoms with van der Waals surface area (Å²) in [6.45, 7) is 0. The number of carbonyl (C=O) groups excluding carboxylic acids is 2. The maximum atomic E-state index is 11.3. The van der Waals surface area contributed by atoms with Crippen LogP contribution in [0.4, 0.5) is 0 Å². The van der Waals surface area contributed by atoms with Gasteiger partial charge in [0.15, 0.2) is 0 Å². The molecule has 0 saturated heterocycles. The second-order valence-electron chi connectivity index (χ2n) is 4.46. The van der Waals surface area contributed by atoms with Crippen molar-refractivity contribution in [2.45, 2.75) is 0 Å². The molecule has 22 heavy (non-hydrogen) atoms. The van der Waals surface area contributed by atoms with E-state index in [9.17, 15) is 9.59 Å². The van der Waals surface area contributed by atoms with E-state index in [1.54, 1.807) is 42.5 Å². The van der Waals surface area contributed by atoms with Gasteiger partial charge in [-0.15, -0.1) is 0 Å². The van der Waals surface area contributed by atoms with Crippen LogP contribution in [0.2, 0.25) is 0 Å². The molecule has 0 aliphatic heterocycles. The molecule has 2 rings (SSSR count). The molecule has 0 heterocycles. The second-order valence-corrected chi connectivity index (χ2v) is 4.46. The Kier molecular flexibility index (Phi) is 5.28. The van der Waals surface area contributed by atoms with E-state index in [1.165, 1.54) is 7.11 Å². The monoisotopic (exact) mass is 290 g/mol. The van der Waals surface area contributed by atoms with E-state index in [0.717, 1.165) is 17.4 Å². The summed E-state index contributed by atoms with van der Waals surface area (Å²) in [5.74, 6) is 5.55. The molecule has 0 saturated carbocycles. The zero-order chi connectivity index (χ0) is 15.8. The Bertz CT molecular complexity index is 742. The number of methoxy groups -OCH3 is 1. The van der Waals surface area contributed by atoms with Gasteiger partial charge in [-0.05, 0) is 42.0 Å². The van der Waals surface area contributed by atoms with Crippen molar-refractivity contribution in [3.63, 3.8) is 0 Å². The summed E-state index contributed by atoms with van der Waals surface area (Å²) < 4.78 is 4.64. The lowest BCUT2D eigenvalue weighted by molar-refractivity contribution is 0.0600. The first-order valence-corrected chi connectivity index (χ1v) is 6.64. The number of ether oxygens (including phenoxy) is 1. The van der Waals surface area contributed by atoms with Crippen molar-refractivity contribution in [3.8, 4) is 11.8 Å². The largest absolute Gasteiger partial charge is 0.465 e. The topological polar surface area (TPSA) is 43.4 Å². The second kappa shape index (κ2) is 7.61. The summed E-state index contributed by atoms with van der Waals surface area (Å²) in [5, 5.41) is 0. The standard InChI is InChI=1S/C19H14O3/c1-22-19(21)18-12-10-16(11-13-18)5-3-2-4-15-6-8-17(14-20)9-7-15/h3,5-14H,1H3. The Labute approximate surface area is 129 Å². The molecule has 0 atom stereocenters. The molecule has 0 spiro atoms. The zero-order valence-corrected chi connectivity index (χ0v) is 12.1. The average molecular weight is 290 g/mol. The molecule has 0 bridgehead atoms. The minimum atomic E-state index is -0.353. The van der Waals surface area contributed by atoms with E-state index in [-0.39, 0.29) is 5.97 Å². The molecule has 2 aromatic rings. The molecule has 0 amide bonds. The maximum Gasteiger partial charge on any atom is 0.337 e. The Morgan fingerprint density at radius 1 is 1.00 bits per heavy atom. The van der Waals surface area contributed by atoms with Crippen LogP contribution in [-0.2, 0) is 4.74 Å². The highest BCUT2D eigenvalue weighted by atomic mass is 16.5. The van der Waals surface area contributed by atoms with E-state index < -0.39 is 0 Å². The van der Waals surface area contributed by atoms with Gasteiger partial charge in [0.25, 0.3) is 0 Å². The van der Waals surface area contributed by atoms with Gasteiger partial charge in [-0.1, -0.05) is 36.1 Å². The zero-order valence-electron chi connectivity index (χ0n) is 12.1. The summed E-state index contributed by atoms with van der Waals surface area (Å²) in [7, 11) is 1.35. The molecule has 0 unspecified atom stereocenters. The van der Waals surface area contributed by atoms with E-state index in [0.29, 0.717) is 11.1 Å². The van der Waals surface area contributed by atoms with Gasteiger partial charge in [-0.25, -0.2) is 4.79 Å². The number of aldehydes is 1. The van der Waals surface area contributed by atoms with Crippen LogP contribution in [0.3, 0.4) is 0 Å². The number of carbonyl (C=O) groups is 2. The van der Waals surface area contributed by atoms with Crippen LogP contribution in [0, 0.1) is 11.8 Å². The molecule has 3 nitrogen and oxygen atoms in total. The van der Waals surface area contributed by atoms with Crippen molar-refractivity contribution < 1.29 is 14.3 Å². The van der Waals surface area contributed by atoms with E-state index in [4.69, 9.17) is 0 Å². The van der Waals surface area contributed by atoms with Crippen molar-refractivity contribution in [3.05, 3.63) is 76.9 Å². The van der Waals surface area contributed by atoms with Gasteiger partial charge in [0.2, 0.25) is 0 Å². The first-order valence-electron chi connectivity index (χ1n) is 6.64. The highest BCUT2D eigenvalue weighted by Gasteiger charge is 2.02. The van der Waals surface area contributed by atoms with Crippen molar-refractivity contribution in [2.75, 3.05) is 7.11 Å². The van der Waals surface area contributed by atoms with Gasteiger partial charge in [-0.2, -0.15) is 0 Å². The van der Waals surface area contributed by atoms with Gasteiger partial charge >= 0.3 is 5.97 Å². The van der Waals surface area contributed by atoms with E-state index in [1.807, 2.05) is 18.2 Å². The molecule has 0 fully saturated rings. The van der Waals surface area contributed by atoms with Gasteiger partial charge in [0, 0.05) is 11.1 Å². The molecule has 0 aliphatic carbocycles. The molecule has 108 valence electrons. The highest BCUT2D eigenvalue weighted by Crippen LogP contribution is 2.07. The lowest BCUT2D eigenvalue weighted by Crippen LogP contribution is -2.00. The number of hydrogen-bond donors (Lipinski definition) is 0. The third-order valence-electron chi connectivity index (χ3n) is 2.95. The van der Waals surface area contributed by atoms with Gasteiger partial charge in [0.1, 0.15) is 6.29 Å². The van der Waals surface area contributed by atoms with Crippen molar-refractivity contribution in [1.82, 2.24) is 0 Å². The first-order chi connectivity index (χ1) is 10.7. The smallest absolute Gasteiger partial charge is 0.337 e. The van der Waals surface area contributed by atoms with E-state index >= 15 is 0 Å². The lowest BCUT2D eigenvalue weighted by atomic mass is 10.1. The van der Waals surface area contributed by atoms with Gasteiger partial charge in [-0.3, -0.25) is 4.79 Å². The van der Waals surface area contributed by atoms with Crippen LogP contribution in [0.25, 0.3) is 6.08 Å². The van der Waals surface area contributed by atoms with Crippen molar-refractivity contribution in [1.29, 1.82) is 0 Å². The minimum Gasteiger partial charge on any atom is -0.465 e. The van der Waals surface area contributed by atoms with Crippen molar-refractivity contribution in [2.24, 2.45) is 0 Å². The molecule has 3 heteroatoms. The number of benzene rings is 2. The number of allylic oxidation sites excluding steroid dienone is 1. The van der Waals surface area contributed by atoms with Crippen LogP contribution in [-0.4, -0.2) is 19.4 Å². The molecular formula is C19H14O3. The highest BCUT2D eigenvalue weighted by molar-refractivity contribution is 5.89. The van der Waals surface area contributed by atoms with Crippen LogP contribution in [0.1, 0.15) is 31.8 Å². The Balaban J connectivity index is 2.01. The third kappa shape index (κ3) is 4.19. The fourth-order valence-corrected chi connectivity index (χ4v) is 1.76. The summed E-state index contributed by atoms with van der Waals surface area (Å²) in [5.41, 5.74) is 2.93. The van der Waals surface area contributed by atoms with Crippen LogP contribution in [0.15, 0.2) is 54.6 Å². The first kappa shape index (κ1) is 15.3. The fourth-order valence-electron chi connectivity index (χ4n) is 1.76. The van der Waals surface area contributed by atoms with Gasteiger partial charge in [0.05, 0.1) is 12.7 Å². The number of esters is 1. The maximum absolute atomic E-state index is 11.3. The quantitative estimate of drug-likeness (QED) is 0.494. The summed E-state index contributed by atoms with van der Waals surface area (Å²) in [6.07, 6.45) is 4.39. The van der Waals surface area contributed by atoms with Crippen LogP contribution >= 0.6 is 0 Å². The minimum absolute atomic E-state index is 0.353. The van der Waals surface area contributed by atoms with Crippen molar-refractivity contribution >= 4 is 18.3 Å². The molecule has 0 aliphatic rings. The van der Waals surface area contributed by atoms with Gasteiger partial charge < -0.3 is 4.74 Å². The summed E-state index contributed by atoms with van der Waals surface area (Å²) in [4.78, 5) is 21.8. The van der Waals surface area contributed by atoms with E-state index in [2.05, 4.69) is 16.6 Å². The molecule has 0 N–H and O–H groups in total. The summed E-state index contributed by atoms with van der Waals surface area (Å²) in [6, 6.07) is 14.1. The molecule has 0 aromatic heterocycles. The summed E-state index contributed by atoms with van der Waals surface area (Å²) >= 11 is 0. The predicted octanol–water partition coefficient (Wildman–Crippen LogP) is 3.35.